The van der Waals surface area contributed by atoms with Crippen molar-refractivity contribution >= 4 is 41.1 Å². The Balaban J connectivity index is 1.03. The Morgan fingerprint density at radius 3 is 2.39 bits per heavy atom. The van der Waals surface area contributed by atoms with Crippen LogP contribution in [0.4, 0.5) is 23.7 Å². The minimum Gasteiger partial charge on any atom is -0.444 e. The molecule has 18 heteroatoms. The Bertz CT molecular complexity index is 1810. The van der Waals surface area contributed by atoms with Crippen LogP contribution in [-0.2, 0) is 22.8 Å². The van der Waals surface area contributed by atoms with Gasteiger partial charge >= 0.3 is 12.3 Å². The van der Waals surface area contributed by atoms with Crippen molar-refractivity contribution in [3.63, 3.8) is 0 Å². The molecule has 2 aromatic heterocycles. The standard InChI is InChI=1S/C31H34ClF3N8O6/c1-30(2,3)49-29(48)43-11-15(44)8-21(43)28(47)42-12-18-19(13-42)23(18)39-26(45)16-6-5-14(7-20(16)32)38-27(46)25-36-10-22(41(25)4)17-9-37-40-24(17)31(33,34)35/h5-7,9-10,15,18-19,21,23,44H,8,11-13H2,1-4H3,(H,37,40)(H,38,46)(H,39,45)/t15-,18?,19?,21+,23?/m1/s1. The number of carbonyl (C=O) groups excluding carboxylic acids is 4. The number of carbonyl (C=O) groups is 4. The Hall–Kier alpha value is -4.64. The van der Waals surface area contributed by atoms with E-state index in [0.717, 1.165) is 12.4 Å². The van der Waals surface area contributed by atoms with Crippen molar-refractivity contribution in [3.05, 3.63) is 52.7 Å². The summed E-state index contributed by atoms with van der Waals surface area (Å²) in [6, 6.07) is 3.25. The lowest BCUT2D eigenvalue weighted by molar-refractivity contribution is -0.140. The van der Waals surface area contributed by atoms with Gasteiger partial charge in [-0.2, -0.15) is 18.3 Å². The molecule has 4 amide bonds. The highest BCUT2D eigenvalue weighted by molar-refractivity contribution is 6.34. The van der Waals surface area contributed by atoms with Crippen molar-refractivity contribution in [2.45, 2.75) is 57.2 Å². The number of rotatable bonds is 6. The number of nitrogens with zero attached hydrogens (tertiary/aromatic N) is 5. The summed E-state index contributed by atoms with van der Waals surface area (Å²) in [6.07, 6.45) is -3.92. The molecule has 0 bridgehead atoms. The lowest BCUT2D eigenvalue weighted by Crippen LogP contribution is -2.49. The molecule has 0 spiro atoms. The zero-order valence-electron chi connectivity index (χ0n) is 26.8. The smallest absolute Gasteiger partial charge is 0.433 e. The molecule has 2 aliphatic heterocycles. The van der Waals surface area contributed by atoms with Crippen LogP contribution in [0.2, 0.25) is 5.02 Å². The molecule has 3 fully saturated rings. The average Bonchev–Trinajstić information content (AvgIpc) is 3.59. The van der Waals surface area contributed by atoms with E-state index in [9.17, 15) is 37.5 Å². The highest BCUT2D eigenvalue weighted by atomic mass is 35.5. The maximum Gasteiger partial charge on any atom is 0.433 e. The summed E-state index contributed by atoms with van der Waals surface area (Å²) in [5, 5.41) is 21.2. The second-order valence-corrected chi connectivity index (χ2v) is 13.8. The first-order chi connectivity index (χ1) is 22.9. The van der Waals surface area contributed by atoms with E-state index in [1.165, 1.54) is 34.7 Å². The lowest BCUT2D eigenvalue weighted by Gasteiger charge is -2.30. The van der Waals surface area contributed by atoms with E-state index in [-0.39, 0.29) is 70.1 Å². The fraction of sp³-hybridized carbons (Fsp3) is 0.484. The maximum absolute atomic E-state index is 13.3. The van der Waals surface area contributed by atoms with Crippen LogP contribution in [0.3, 0.4) is 0 Å². The van der Waals surface area contributed by atoms with Crippen molar-refractivity contribution in [3.8, 4) is 11.3 Å². The number of fused-ring (bicyclic) bond motifs is 1. The number of imidazole rings is 1. The van der Waals surface area contributed by atoms with Crippen LogP contribution in [-0.4, -0.2) is 102 Å². The van der Waals surface area contributed by atoms with Crippen LogP contribution in [0.25, 0.3) is 11.3 Å². The van der Waals surface area contributed by atoms with Crippen LogP contribution in [0.5, 0.6) is 0 Å². The van der Waals surface area contributed by atoms with Gasteiger partial charge in [0.2, 0.25) is 5.91 Å². The molecule has 14 nitrogen and oxygen atoms in total. The molecule has 49 heavy (non-hydrogen) atoms. The first-order valence-corrected chi connectivity index (χ1v) is 15.8. The van der Waals surface area contributed by atoms with Gasteiger partial charge in [0.15, 0.2) is 5.82 Å². The van der Waals surface area contributed by atoms with E-state index in [1.807, 2.05) is 5.10 Å². The van der Waals surface area contributed by atoms with Crippen LogP contribution >= 0.6 is 11.6 Å². The summed E-state index contributed by atoms with van der Waals surface area (Å²) in [6.45, 7) is 5.95. The highest BCUT2D eigenvalue weighted by Gasteiger charge is 2.58. The zero-order valence-corrected chi connectivity index (χ0v) is 27.6. The van der Waals surface area contributed by atoms with Gasteiger partial charge in [0.25, 0.3) is 11.8 Å². The minimum atomic E-state index is -4.69. The Morgan fingerprint density at radius 2 is 1.76 bits per heavy atom. The fourth-order valence-electron chi connectivity index (χ4n) is 6.46. The number of alkyl halides is 3. The summed E-state index contributed by atoms with van der Waals surface area (Å²) in [7, 11) is 1.39. The van der Waals surface area contributed by atoms with E-state index in [2.05, 4.69) is 20.7 Å². The number of hydrogen-bond acceptors (Lipinski definition) is 8. The number of aliphatic hydroxyl groups excluding tert-OH is 1. The number of halogens is 4. The largest absolute Gasteiger partial charge is 0.444 e. The molecule has 0 radical (unpaired) electrons. The summed E-state index contributed by atoms with van der Waals surface area (Å²) in [5.41, 5.74) is -1.68. The zero-order chi connectivity index (χ0) is 35.6. The predicted molar refractivity (Wildman–Crippen MR) is 167 cm³/mol. The summed E-state index contributed by atoms with van der Waals surface area (Å²) < 4.78 is 46.6. The number of amides is 4. The van der Waals surface area contributed by atoms with E-state index in [4.69, 9.17) is 16.3 Å². The number of benzene rings is 1. The molecule has 6 rings (SSSR count). The molecular formula is C31H34ClF3N8O6. The molecule has 1 aliphatic carbocycles. The Kier molecular flexibility index (Phi) is 8.63. The molecule has 4 N–H and O–H groups in total. The van der Waals surface area contributed by atoms with Crippen LogP contribution in [0, 0.1) is 11.8 Å². The lowest BCUT2D eigenvalue weighted by atomic mass is 10.1. The van der Waals surface area contributed by atoms with Crippen molar-refractivity contribution in [1.29, 1.82) is 0 Å². The van der Waals surface area contributed by atoms with Crippen LogP contribution in [0.15, 0.2) is 30.6 Å². The number of H-pyrrole nitrogens is 1. The second kappa shape index (κ2) is 12.4. The number of aromatic nitrogens is 4. The SMILES string of the molecule is Cn1c(-c2cn[nH]c2C(F)(F)F)cnc1C(=O)Nc1ccc(C(=O)NC2C3CN(C(=O)[C@@H]4C[C@@H](O)CN4C(=O)OC(C)(C)C)CC32)c(Cl)c1. The Labute approximate surface area is 282 Å². The van der Waals surface area contributed by atoms with Crippen molar-refractivity contribution in [1.82, 2.24) is 34.9 Å². The molecular weight excluding hydrogens is 673 g/mol. The second-order valence-electron chi connectivity index (χ2n) is 13.4. The number of piperidine rings is 1. The number of β-amino-alcohol motifs (C(OH)–C–C–N with tert-alkyl or cyclic N) is 1. The number of nitrogens with one attached hydrogen (secondary N) is 3. The van der Waals surface area contributed by atoms with Gasteiger partial charge in [-0.05, 0) is 39.0 Å². The molecule has 262 valence electrons. The molecule has 1 saturated carbocycles. The topological polar surface area (TPSA) is 175 Å². The third kappa shape index (κ3) is 6.81. The normalized spacial score (nSPS) is 23.3. The Morgan fingerprint density at radius 1 is 1.06 bits per heavy atom. The van der Waals surface area contributed by atoms with E-state index < -0.39 is 47.5 Å². The molecule has 3 aromatic rings. The van der Waals surface area contributed by atoms with Gasteiger partial charge in [-0.1, -0.05) is 11.6 Å². The predicted octanol–water partition coefficient (Wildman–Crippen LogP) is 3.29. The van der Waals surface area contributed by atoms with Gasteiger partial charge in [-0.15, -0.1) is 0 Å². The number of aromatic amines is 1. The van der Waals surface area contributed by atoms with Crippen molar-refractivity contribution < 1.29 is 42.2 Å². The van der Waals surface area contributed by atoms with Gasteiger partial charge in [0.1, 0.15) is 17.3 Å². The van der Waals surface area contributed by atoms with Gasteiger partial charge in [-0.3, -0.25) is 24.4 Å². The highest BCUT2D eigenvalue weighted by Crippen LogP contribution is 2.46. The summed E-state index contributed by atoms with van der Waals surface area (Å²) >= 11 is 6.40. The third-order valence-corrected chi connectivity index (χ3v) is 9.17. The van der Waals surface area contributed by atoms with Gasteiger partial charge < -0.3 is 29.9 Å². The minimum absolute atomic E-state index is 0.0100. The third-order valence-electron chi connectivity index (χ3n) is 8.86. The summed E-state index contributed by atoms with van der Waals surface area (Å²) in [4.78, 5) is 59.0. The van der Waals surface area contributed by atoms with E-state index in [0.29, 0.717) is 13.1 Å². The molecule has 2 unspecified atom stereocenters. The number of hydrogen-bond donors (Lipinski definition) is 4. The molecule has 3 aliphatic rings. The molecule has 2 saturated heterocycles. The molecule has 1 aromatic carbocycles. The first kappa shape index (κ1) is 34.2. The van der Waals surface area contributed by atoms with Gasteiger partial charge in [0, 0.05) is 50.1 Å². The van der Waals surface area contributed by atoms with E-state index in [1.54, 1.807) is 25.7 Å². The van der Waals surface area contributed by atoms with Crippen LogP contribution < -0.4 is 10.6 Å². The quantitative estimate of drug-likeness (QED) is 0.302. The molecule has 4 heterocycles. The number of aliphatic hydroxyl groups is 1. The average molecular weight is 707 g/mol. The number of likely N-dealkylation sites (tertiary alicyclic amines) is 2. The van der Waals surface area contributed by atoms with Gasteiger partial charge in [0.05, 0.1) is 46.9 Å². The summed E-state index contributed by atoms with van der Waals surface area (Å²) in [5.74, 6) is -1.56. The van der Waals surface area contributed by atoms with Crippen molar-refractivity contribution in [2.75, 3.05) is 25.0 Å². The van der Waals surface area contributed by atoms with Crippen LogP contribution in [0.1, 0.15) is 53.9 Å². The van der Waals surface area contributed by atoms with Crippen molar-refractivity contribution in [2.24, 2.45) is 18.9 Å². The van der Waals surface area contributed by atoms with Gasteiger partial charge in [-0.25, -0.2) is 9.78 Å². The fourth-order valence-corrected chi connectivity index (χ4v) is 6.73. The maximum atomic E-state index is 13.3. The molecule has 4 atom stereocenters. The first-order valence-electron chi connectivity index (χ1n) is 15.4. The number of anilines is 1. The monoisotopic (exact) mass is 706 g/mol. The van der Waals surface area contributed by atoms with E-state index >= 15 is 0 Å². The number of ether oxygens (including phenoxy) is 1.